The highest BCUT2D eigenvalue weighted by Gasteiger charge is 2.62. The molecular formula is C29H27F7N6O5. The van der Waals surface area contributed by atoms with Crippen molar-refractivity contribution >= 4 is 22.7 Å². The zero-order valence-electron chi connectivity index (χ0n) is 25.1. The molecule has 1 aliphatic heterocycles. The third-order valence-corrected chi connectivity index (χ3v) is 7.67. The Morgan fingerprint density at radius 2 is 1.70 bits per heavy atom. The van der Waals surface area contributed by atoms with Gasteiger partial charge in [0.25, 0.3) is 12.3 Å². The lowest BCUT2D eigenvalue weighted by molar-refractivity contribution is -0.294. The van der Waals surface area contributed by atoms with Crippen molar-refractivity contribution in [2.75, 3.05) is 34.3 Å². The minimum absolute atomic E-state index is 0.000868. The van der Waals surface area contributed by atoms with E-state index in [2.05, 4.69) is 14.9 Å². The molecule has 1 aliphatic rings. The number of likely N-dealkylation sites (N-methyl/N-ethyl adjacent to an activating group) is 1. The second-order valence-electron chi connectivity index (χ2n) is 11.1. The molecule has 1 N–H and O–H groups in total. The molecule has 3 heterocycles. The zero-order valence-corrected chi connectivity index (χ0v) is 25.1. The smallest absolute Gasteiger partial charge is 0.420 e. The number of benzene rings is 2. The summed E-state index contributed by atoms with van der Waals surface area (Å²) in [6.07, 6.45) is -5.20. The summed E-state index contributed by atoms with van der Waals surface area (Å²) in [5, 5.41) is 18.2. The minimum Gasteiger partial charge on any atom is -0.496 e. The van der Waals surface area contributed by atoms with Crippen molar-refractivity contribution in [3.8, 4) is 33.9 Å². The van der Waals surface area contributed by atoms with E-state index in [1.807, 2.05) is 0 Å². The summed E-state index contributed by atoms with van der Waals surface area (Å²) in [5.74, 6) is -2.65. The van der Waals surface area contributed by atoms with Crippen LogP contribution in [0.3, 0.4) is 0 Å². The second kappa shape index (κ2) is 12.1. The van der Waals surface area contributed by atoms with Crippen LogP contribution in [0.15, 0.2) is 36.7 Å². The third kappa shape index (κ3) is 6.16. The SMILES string of the molecule is COc1cc(-c2c3c(C(F)F)cc(-c4cnn(CC(=O)N(C)C)c4)cc3nn2C)cc(OC(F)F)c1C(=O)N1CC(O)(C(F)(F)F)C1. The van der Waals surface area contributed by atoms with Crippen molar-refractivity contribution in [2.45, 2.75) is 31.4 Å². The highest BCUT2D eigenvalue weighted by Crippen LogP contribution is 2.44. The summed E-state index contributed by atoms with van der Waals surface area (Å²) in [6, 6.07) is 4.80. The number of likely N-dealkylation sites (tertiary alicyclic amines) is 1. The van der Waals surface area contributed by atoms with Gasteiger partial charge < -0.3 is 24.4 Å². The number of aromatic nitrogens is 4. The van der Waals surface area contributed by atoms with E-state index in [-0.39, 0.29) is 34.6 Å². The van der Waals surface area contributed by atoms with Crippen molar-refractivity contribution < 1.29 is 54.9 Å². The molecule has 252 valence electrons. The van der Waals surface area contributed by atoms with Gasteiger partial charge in [0.2, 0.25) is 5.91 Å². The van der Waals surface area contributed by atoms with Crippen LogP contribution in [-0.2, 0) is 18.4 Å². The fourth-order valence-corrected chi connectivity index (χ4v) is 5.26. The second-order valence-corrected chi connectivity index (χ2v) is 11.1. The number of methoxy groups -OCH3 is 1. The molecular weight excluding hydrogens is 645 g/mol. The monoisotopic (exact) mass is 672 g/mol. The normalized spacial score (nSPS) is 14.6. The largest absolute Gasteiger partial charge is 0.496 e. The molecule has 18 heteroatoms. The lowest BCUT2D eigenvalue weighted by Gasteiger charge is -2.47. The number of aryl methyl sites for hydroxylation is 1. The average Bonchev–Trinajstić information content (AvgIpc) is 3.56. The molecule has 1 saturated heterocycles. The Morgan fingerprint density at radius 3 is 2.28 bits per heavy atom. The van der Waals surface area contributed by atoms with E-state index in [1.54, 1.807) is 14.1 Å². The molecule has 0 aliphatic carbocycles. The molecule has 11 nitrogen and oxygen atoms in total. The Bertz CT molecular complexity index is 1850. The molecule has 5 rings (SSSR count). The number of aliphatic hydroxyl groups is 1. The van der Waals surface area contributed by atoms with Crippen molar-refractivity contribution in [3.05, 3.63) is 47.8 Å². The van der Waals surface area contributed by atoms with Crippen molar-refractivity contribution in [1.82, 2.24) is 29.4 Å². The number of ether oxygens (including phenoxy) is 2. The lowest BCUT2D eigenvalue weighted by Crippen LogP contribution is -2.70. The highest BCUT2D eigenvalue weighted by atomic mass is 19.4. The van der Waals surface area contributed by atoms with E-state index in [0.29, 0.717) is 16.0 Å². The first-order valence-corrected chi connectivity index (χ1v) is 13.7. The predicted octanol–water partition coefficient (Wildman–Crippen LogP) is 4.49. The number of amides is 2. The molecule has 0 unspecified atom stereocenters. The summed E-state index contributed by atoms with van der Waals surface area (Å²) < 4.78 is 108. The molecule has 2 aromatic heterocycles. The van der Waals surface area contributed by atoms with Crippen molar-refractivity contribution in [1.29, 1.82) is 0 Å². The van der Waals surface area contributed by atoms with Gasteiger partial charge in [0.1, 0.15) is 23.6 Å². The number of alkyl halides is 7. The Hall–Kier alpha value is -4.87. The van der Waals surface area contributed by atoms with Crippen LogP contribution in [0.4, 0.5) is 30.7 Å². The van der Waals surface area contributed by atoms with Gasteiger partial charge in [-0.15, -0.1) is 0 Å². The fraction of sp³-hybridized carbons (Fsp3) is 0.379. The minimum atomic E-state index is -5.05. The van der Waals surface area contributed by atoms with Gasteiger partial charge in [-0.25, -0.2) is 8.78 Å². The van der Waals surface area contributed by atoms with Crippen LogP contribution in [0.1, 0.15) is 22.3 Å². The van der Waals surface area contributed by atoms with Crippen LogP contribution in [0.25, 0.3) is 33.3 Å². The summed E-state index contributed by atoms with van der Waals surface area (Å²) >= 11 is 0. The lowest BCUT2D eigenvalue weighted by atomic mass is 9.92. The highest BCUT2D eigenvalue weighted by molar-refractivity contribution is 6.03. The average molecular weight is 673 g/mol. The topological polar surface area (TPSA) is 115 Å². The maximum absolute atomic E-state index is 14.6. The summed E-state index contributed by atoms with van der Waals surface area (Å²) in [5.41, 5.74) is -3.58. The van der Waals surface area contributed by atoms with E-state index in [1.165, 1.54) is 45.8 Å². The van der Waals surface area contributed by atoms with Crippen LogP contribution in [-0.4, -0.2) is 99.0 Å². The van der Waals surface area contributed by atoms with E-state index < -0.39 is 66.4 Å². The number of carbonyl (C=O) groups is 2. The number of nitrogens with zero attached hydrogens (tertiary/aromatic N) is 6. The third-order valence-electron chi connectivity index (χ3n) is 7.67. The molecule has 47 heavy (non-hydrogen) atoms. The van der Waals surface area contributed by atoms with E-state index in [9.17, 15) is 45.4 Å². The molecule has 2 aromatic carbocycles. The van der Waals surface area contributed by atoms with Crippen molar-refractivity contribution in [2.24, 2.45) is 7.05 Å². The van der Waals surface area contributed by atoms with E-state index >= 15 is 0 Å². The van der Waals surface area contributed by atoms with Gasteiger partial charge in [-0.05, 0) is 29.8 Å². The zero-order chi connectivity index (χ0) is 34.6. The number of halogens is 7. The van der Waals surface area contributed by atoms with Crippen LogP contribution in [0.2, 0.25) is 0 Å². The number of carbonyl (C=O) groups excluding carboxylic acids is 2. The molecule has 0 atom stereocenters. The molecule has 0 spiro atoms. The van der Waals surface area contributed by atoms with Gasteiger partial charge in [0.15, 0.2) is 5.60 Å². The Balaban J connectivity index is 1.60. The molecule has 0 bridgehead atoms. The van der Waals surface area contributed by atoms with Crippen LogP contribution >= 0.6 is 0 Å². The maximum atomic E-state index is 14.6. The number of rotatable bonds is 9. The van der Waals surface area contributed by atoms with Gasteiger partial charge in [-0.1, -0.05) is 0 Å². The summed E-state index contributed by atoms with van der Waals surface area (Å²) in [4.78, 5) is 27.2. The standard InChI is InChI=1S/C29H27F7N6O5/c1-39(2)21(43)11-42-10-16(9-37-42)14-5-17(25(30)31)22-18(6-14)38-40(3)24(22)15-7-19(46-4)23(20(8-15)47-27(32)33)26(44)41-12-28(45,13-41)29(34,35)36/h5-10,25,27,45H,11-13H2,1-4H3. The predicted molar refractivity (Wildman–Crippen MR) is 151 cm³/mol. The maximum Gasteiger partial charge on any atom is 0.420 e. The number of hydrogen-bond donors (Lipinski definition) is 1. The van der Waals surface area contributed by atoms with Gasteiger partial charge in [-0.2, -0.15) is 32.1 Å². The fourth-order valence-electron chi connectivity index (χ4n) is 5.26. The molecule has 0 radical (unpaired) electrons. The van der Waals surface area contributed by atoms with E-state index in [0.717, 1.165) is 19.2 Å². The van der Waals surface area contributed by atoms with Crippen LogP contribution in [0, 0.1) is 0 Å². The molecule has 2 amide bonds. The van der Waals surface area contributed by atoms with Crippen LogP contribution < -0.4 is 9.47 Å². The molecule has 1 fully saturated rings. The first-order valence-electron chi connectivity index (χ1n) is 13.7. The first kappa shape index (κ1) is 33.5. The quantitative estimate of drug-likeness (QED) is 0.261. The Kier molecular flexibility index (Phi) is 8.59. The van der Waals surface area contributed by atoms with Gasteiger partial charge in [0, 0.05) is 49.4 Å². The Labute approximate surface area is 261 Å². The van der Waals surface area contributed by atoms with Crippen LogP contribution in [0.5, 0.6) is 11.5 Å². The molecule has 4 aromatic rings. The van der Waals surface area contributed by atoms with Gasteiger partial charge in [-0.3, -0.25) is 19.0 Å². The summed E-state index contributed by atoms with van der Waals surface area (Å²) in [7, 11) is 5.62. The summed E-state index contributed by atoms with van der Waals surface area (Å²) in [6.45, 7) is -5.91. The van der Waals surface area contributed by atoms with Gasteiger partial charge >= 0.3 is 12.8 Å². The first-order chi connectivity index (χ1) is 21.9. The number of hydrogen-bond acceptors (Lipinski definition) is 7. The molecule has 0 saturated carbocycles. The number of fused-ring (bicyclic) bond motifs is 1. The van der Waals surface area contributed by atoms with Crippen molar-refractivity contribution in [3.63, 3.8) is 0 Å². The van der Waals surface area contributed by atoms with Gasteiger partial charge in [0.05, 0.1) is 37.6 Å². The number of β-amino-alcohol motifs (C(OH)–C–C–N with tert-alkyl or cyclic N) is 1. The Morgan fingerprint density at radius 1 is 1.04 bits per heavy atom. The van der Waals surface area contributed by atoms with E-state index in [4.69, 9.17) is 4.74 Å².